The molecule has 0 aromatic rings. The van der Waals surface area contributed by atoms with Crippen molar-refractivity contribution < 1.29 is 9.50 Å². The van der Waals surface area contributed by atoms with Gasteiger partial charge in [-0.05, 0) is 49.9 Å². The molecular weight excluding hydrogens is 167 g/mol. The Kier molecular flexibility index (Phi) is 1.56. The second-order valence-electron chi connectivity index (χ2n) is 5.43. The van der Waals surface area contributed by atoms with Crippen molar-refractivity contribution in [3.8, 4) is 0 Å². The average Bonchev–Trinajstić information content (AvgIpc) is 2.00. The van der Waals surface area contributed by atoms with Crippen LogP contribution in [0.25, 0.3) is 0 Å². The number of halogens is 1. The minimum atomic E-state index is -0.983. The maximum Gasteiger partial charge on any atom is 0.116 e. The van der Waals surface area contributed by atoms with Crippen LogP contribution in [0.3, 0.4) is 0 Å². The Labute approximate surface area is 78.3 Å². The van der Waals surface area contributed by atoms with Gasteiger partial charge in [-0.3, -0.25) is 0 Å². The van der Waals surface area contributed by atoms with Gasteiger partial charge in [-0.25, -0.2) is 4.39 Å². The van der Waals surface area contributed by atoms with E-state index in [9.17, 15) is 9.50 Å². The fourth-order valence-electron chi connectivity index (χ4n) is 4.36. The SMILES string of the molecule is OCC1C2CC3CC(C2)CC1(F)C3. The summed E-state index contributed by atoms with van der Waals surface area (Å²) in [4.78, 5) is 0. The highest BCUT2D eigenvalue weighted by Gasteiger charge is 2.57. The van der Waals surface area contributed by atoms with E-state index in [1.54, 1.807) is 0 Å². The first-order valence-electron chi connectivity index (χ1n) is 5.51. The van der Waals surface area contributed by atoms with Crippen molar-refractivity contribution in [3.63, 3.8) is 0 Å². The van der Waals surface area contributed by atoms with Gasteiger partial charge in [0.05, 0.1) is 0 Å². The summed E-state index contributed by atoms with van der Waals surface area (Å²) in [7, 11) is 0. The molecule has 74 valence electrons. The summed E-state index contributed by atoms with van der Waals surface area (Å²) < 4.78 is 14.4. The quantitative estimate of drug-likeness (QED) is 0.662. The molecule has 0 spiro atoms. The first kappa shape index (κ1) is 8.22. The highest BCUT2D eigenvalue weighted by Crippen LogP contribution is 2.59. The van der Waals surface area contributed by atoms with Crippen LogP contribution in [-0.2, 0) is 0 Å². The van der Waals surface area contributed by atoms with Crippen LogP contribution >= 0.6 is 0 Å². The Bertz CT molecular complexity index is 214. The third-order valence-electron chi connectivity index (χ3n) is 4.63. The summed E-state index contributed by atoms with van der Waals surface area (Å²) in [6.45, 7) is 0.0700. The van der Waals surface area contributed by atoms with Gasteiger partial charge >= 0.3 is 0 Å². The molecule has 0 aromatic heterocycles. The predicted molar refractivity (Wildman–Crippen MR) is 48.0 cm³/mol. The Morgan fingerprint density at radius 3 is 2.23 bits per heavy atom. The van der Waals surface area contributed by atoms with Crippen LogP contribution in [0.5, 0.6) is 0 Å². The van der Waals surface area contributed by atoms with Crippen LogP contribution in [0.15, 0.2) is 0 Å². The third kappa shape index (κ3) is 1.01. The molecule has 0 amide bonds. The molecule has 0 aromatic carbocycles. The summed E-state index contributed by atoms with van der Waals surface area (Å²) >= 11 is 0. The lowest BCUT2D eigenvalue weighted by Gasteiger charge is -2.57. The number of aliphatic hydroxyl groups is 1. The monoisotopic (exact) mass is 184 g/mol. The van der Waals surface area contributed by atoms with E-state index in [1.807, 2.05) is 0 Å². The molecular formula is C11H17FO. The molecule has 4 saturated carbocycles. The zero-order valence-electron chi connectivity index (χ0n) is 7.88. The largest absolute Gasteiger partial charge is 0.396 e. The van der Waals surface area contributed by atoms with Crippen LogP contribution in [0.4, 0.5) is 4.39 Å². The molecule has 1 N–H and O–H groups in total. The Balaban J connectivity index is 1.93. The molecule has 0 aliphatic heterocycles. The van der Waals surface area contributed by atoms with Gasteiger partial charge in [0.2, 0.25) is 0 Å². The molecule has 4 aliphatic carbocycles. The molecule has 4 aliphatic rings. The van der Waals surface area contributed by atoms with Gasteiger partial charge in [-0.15, -0.1) is 0 Å². The molecule has 2 heteroatoms. The van der Waals surface area contributed by atoms with E-state index in [2.05, 4.69) is 0 Å². The molecule has 3 atom stereocenters. The molecule has 3 unspecified atom stereocenters. The number of alkyl halides is 1. The fourth-order valence-corrected chi connectivity index (χ4v) is 4.36. The first-order valence-corrected chi connectivity index (χ1v) is 5.51. The van der Waals surface area contributed by atoms with Crippen molar-refractivity contribution >= 4 is 0 Å². The Morgan fingerprint density at radius 2 is 1.77 bits per heavy atom. The highest BCUT2D eigenvalue weighted by molar-refractivity contribution is 5.06. The summed E-state index contributed by atoms with van der Waals surface area (Å²) in [5, 5.41) is 9.22. The number of hydrogen-bond donors (Lipinski definition) is 1. The van der Waals surface area contributed by atoms with E-state index in [0.29, 0.717) is 17.8 Å². The van der Waals surface area contributed by atoms with Crippen molar-refractivity contribution in [1.29, 1.82) is 0 Å². The zero-order chi connectivity index (χ0) is 9.05. The van der Waals surface area contributed by atoms with Crippen LogP contribution in [0.2, 0.25) is 0 Å². The zero-order valence-corrected chi connectivity index (χ0v) is 7.88. The molecule has 4 fully saturated rings. The first-order chi connectivity index (χ1) is 6.21. The van der Waals surface area contributed by atoms with Crippen molar-refractivity contribution in [2.24, 2.45) is 23.7 Å². The van der Waals surface area contributed by atoms with Crippen LogP contribution in [0.1, 0.15) is 32.1 Å². The second-order valence-corrected chi connectivity index (χ2v) is 5.43. The minimum absolute atomic E-state index is 0.0275. The third-order valence-corrected chi connectivity index (χ3v) is 4.63. The summed E-state index contributed by atoms with van der Waals surface area (Å²) in [6, 6.07) is 0. The summed E-state index contributed by atoms with van der Waals surface area (Å²) in [6.07, 6.45) is 5.12. The number of rotatable bonds is 1. The molecule has 0 radical (unpaired) electrons. The lowest BCUT2D eigenvalue weighted by atomic mass is 9.50. The topological polar surface area (TPSA) is 20.2 Å². The van der Waals surface area contributed by atoms with Crippen molar-refractivity contribution in [1.82, 2.24) is 0 Å². The highest BCUT2D eigenvalue weighted by atomic mass is 19.1. The number of hydrogen-bond acceptors (Lipinski definition) is 1. The molecule has 0 heterocycles. The van der Waals surface area contributed by atoms with E-state index < -0.39 is 5.67 Å². The predicted octanol–water partition coefficient (Wildman–Crippen LogP) is 2.14. The van der Waals surface area contributed by atoms with Gasteiger partial charge in [0.1, 0.15) is 5.67 Å². The van der Waals surface area contributed by atoms with E-state index in [0.717, 1.165) is 12.8 Å². The lowest BCUT2D eigenvalue weighted by Crippen LogP contribution is -2.55. The Hall–Kier alpha value is -0.110. The second kappa shape index (κ2) is 2.47. The molecule has 4 bridgehead atoms. The fraction of sp³-hybridized carbons (Fsp3) is 1.00. The average molecular weight is 184 g/mol. The lowest BCUT2D eigenvalue weighted by molar-refractivity contribution is -0.138. The standard InChI is InChI=1S/C11H17FO/c12-11-4-7-1-8(5-11)3-9(2-7)10(11)6-13/h7-10,13H,1-6H2. The van der Waals surface area contributed by atoms with Crippen molar-refractivity contribution in [3.05, 3.63) is 0 Å². The van der Waals surface area contributed by atoms with Crippen molar-refractivity contribution in [2.75, 3.05) is 6.61 Å². The normalized spacial score (nSPS) is 58.6. The maximum atomic E-state index is 14.4. The van der Waals surface area contributed by atoms with E-state index in [-0.39, 0.29) is 12.5 Å². The van der Waals surface area contributed by atoms with E-state index in [1.165, 1.54) is 19.3 Å². The van der Waals surface area contributed by atoms with Crippen molar-refractivity contribution in [2.45, 2.75) is 37.8 Å². The number of aliphatic hydroxyl groups excluding tert-OH is 1. The van der Waals surface area contributed by atoms with Gasteiger partial charge in [0, 0.05) is 12.5 Å². The van der Waals surface area contributed by atoms with Gasteiger partial charge < -0.3 is 5.11 Å². The Morgan fingerprint density at radius 1 is 1.15 bits per heavy atom. The van der Waals surface area contributed by atoms with E-state index in [4.69, 9.17) is 0 Å². The van der Waals surface area contributed by atoms with Gasteiger partial charge in [-0.1, -0.05) is 0 Å². The molecule has 0 saturated heterocycles. The summed E-state index contributed by atoms with van der Waals surface area (Å²) in [5.74, 6) is 1.76. The van der Waals surface area contributed by atoms with Crippen LogP contribution in [-0.4, -0.2) is 17.4 Å². The summed E-state index contributed by atoms with van der Waals surface area (Å²) in [5.41, 5.74) is -0.983. The maximum absolute atomic E-state index is 14.4. The van der Waals surface area contributed by atoms with Crippen LogP contribution < -0.4 is 0 Å². The smallest absolute Gasteiger partial charge is 0.116 e. The van der Waals surface area contributed by atoms with E-state index >= 15 is 0 Å². The van der Waals surface area contributed by atoms with Gasteiger partial charge in [0.25, 0.3) is 0 Å². The van der Waals surface area contributed by atoms with Gasteiger partial charge in [0.15, 0.2) is 0 Å². The van der Waals surface area contributed by atoms with Gasteiger partial charge in [-0.2, -0.15) is 0 Å². The van der Waals surface area contributed by atoms with Crippen LogP contribution in [0, 0.1) is 23.7 Å². The molecule has 4 rings (SSSR count). The molecule has 1 nitrogen and oxygen atoms in total. The minimum Gasteiger partial charge on any atom is -0.396 e. The molecule has 13 heavy (non-hydrogen) atoms.